The van der Waals surface area contributed by atoms with Gasteiger partial charge in [0.15, 0.2) is 5.13 Å². The van der Waals surface area contributed by atoms with E-state index in [1.54, 1.807) is 11.3 Å². The lowest BCUT2D eigenvalue weighted by atomic mass is 9.85. The number of carbonyl (C=O) groups excluding carboxylic acids is 1. The molecule has 0 radical (unpaired) electrons. The third-order valence-electron chi connectivity index (χ3n) is 6.77. The number of rotatable bonds is 4. The van der Waals surface area contributed by atoms with E-state index in [1.165, 1.54) is 0 Å². The summed E-state index contributed by atoms with van der Waals surface area (Å²) in [6, 6.07) is 0. The van der Waals surface area contributed by atoms with Crippen molar-refractivity contribution in [3.8, 4) is 0 Å². The van der Waals surface area contributed by atoms with Crippen molar-refractivity contribution in [1.82, 2.24) is 14.8 Å². The average Bonchev–Trinajstić information content (AvgIpc) is 3.47. The van der Waals surface area contributed by atoms with Gasteiger partial charge in [0.25, 0.3) is 6.10 Å². The van der Waals surface area contributed by atoms with E-state index in [9.17, 15) is 31.1 Å². The number of amides is 1. The molecule has 3 saturated heterocycles. The SMILES string of the molecule is O=C(OC(C(F)(F)F)C(F)(F)F)N1CCC2(CCCN2Cc2cnc(N3CCCC3)s2)CC1. The zero-order chi connectivity index (χ0) is 23.9. The Hall–Kier alpha value is -1.76. The smallest absolute Gasteiger partial charge is 0.426 e. The lowest BCUT2D eigenvalue weighted by Crippen LogP contribution is -2.54. The van der Waals surface area contributed by atoms with Crippen molar-refractivity contribution in [2.75, 3.05) is 37.6 Å². The first-order valence-corrected chi connectivity index (χ1v) is 11.8. The summed E-state index contributed by atoms with van der Waals surface area (Å²) in [5.41, 5.74) is -0.220. The summed E-state index contributed by atoms with van der Waals surface area (Å²) in [4.78, 5) is 23.3. The number of alkyl halides is 6. The first kappa shape index (κ1) is 24.4. The maximum Gasteiger partial charge on any atom is 0.434 e. The lowest BCUT2D eigenvalue weighted by molar-refractivity contribution is -0.308. The Morgan fingerprint density at radius 2 is 1.64 bits per heavy atom. The molecular formula is C20H26F6N4O2S. The Morgan fingerprint density at radius 3 is 2.24 bits per heavy atom. The van der Waals surface area contributed by atoms with E-state index >= 15 is 0 Å². The van der Waals surface area contributed by atoms with Crippen LogP contribution >= 0.6 is 11.3 Å². The van der Waals surface area contributed by atoms with Gasteiger partial charge in [0.2, 0.25) is 0 Å². The van der Waals surface area contributed by atoms with Gasteiger partial charge in [0.1, 0.15) is 0 Å². The second kappa shape index (κ2) is 9.12. The quantitative estimate of drug-likeness (QED) is 0.556. The van der Waals surface area contributed by atoms with Crippen molar-refractivity contribution in [1.29, 1.82) is 0 Å². The number of hydrogen-bond acceptors (Lipinski definition) is 6. The minimum absolute atomic E-state index is 0.0550. The molecule has 13 heteroatoms. The third kappa shape index (κ3) is 5.33. The summed E-state index contributed by atoms with van der Waals surface area (Å²) >= 11 is 1.66. The Balaban J connectivity index is 1.35. The summed E-state index contributed by atoms with van der Waals surface area (Å²) in [6.45, 7) is 3.68. The van der Waals surface area contributed by atoms with E-state index in [1.807, 2.05) is 6.20 Å². The molecule has 6 nitrogen and oxygen atoms in total. The maximum atomic E-state index is 12.7. The van der Waals surface area contributed by atoms with Crippen LogP contribution in [0.4, 0.5) is 36.3 Å². The molecule has 0 aliphatic carbocycles. The fourth-order valence-corrected chi connectivity index (χ4v) is 6.00. The number of ether oxygens (including phenoxy) is 1. The number of hydrogen-bond donors (Lipinski definition) is 0. The van der Waals surface area contributed by atoms with Crippen molar-refractivity contribution < 1.29 is 35.9 Å². The Bertz CT molecular complexity index is 817. The predicted octanol–water partition coefficient (Wildman–Crippen LogP) is 4.80. The molecule has 3 aliphatic heterocycles. The zero-order valence-corrected chi connectivity index (χ0v) is 18.7. The maximum absolute atomic E-state index is 12.7. The number of likely N-dealkylation sites (tertiary alicyclic amines) is 2. The summed E-state index contributed by atoms with van der Waals surface area (Å²) in [5.74, 6) is 0. The van der Waals surface area contributed by atoms with Gasteiger partial charge in [-0.1, -0.05) is 0 Å². The van der Waals surface area contributed by atoms with Crippen LogP contribution in [0.25, 0.3) is 0 Å². The molecule has 0 N–H and O–H groups in total. The van der Waals surface area contributed by atoms with Gasteiger partial charge in [-0.15, -0.1) is 11.3 Å². The Kier molecular flexibility index (Phi) is 6.74. The van der Waals surface area contributed by atoms with Crippen LogP contribution in [0.3, 0.4) is 0 Å². The molecule has 0 aromatic carbocycles. The Morgan fingerprint density at radius 1 is 1.00 bits per heavy atom. The minimum atomic E-state index is -5.71. The van der Waals surface area contributed by atoms with Crippen LogP contribution in [-0.4, -0.2) is 77.6 Å². The summed E-state index contributed by atoms with van der Waals surface area (Å²) in [6.07, 6.45) is -10.1. The first-order chi connectivity index (χ1) is 15.5. The van der Waals surface area contributed by atoms with Gasteiger partial charge in [-0.05, 0) is 45.1 Å². The molecule has 33 heavy (non-hydrogen) atoms. The normalized spacial score (nSPS) is 22.0. The summed E-state index contributed by atoms with van der Waals surface area (Å²) in [7, 11) is 0. The molecular weight excluding hydrogens is 474 g/mol. The standard InChI is InChI=1S/C20H26F6N4O2S/c21-19(22,23)15(20(24,25)26)32-17(31)29-10-5-18(6-11-29)4-3-9-30(18)13-14-12-27-16(33-14)28-7-1-2-8-28/h12,15H,1-11,13H2. The van der Waals surface area contributed by atoms with Crippen LogP contribution in [0.1, 0.15) is 43.4 Å². The van der Waals surface area contributed by atoms with Gasteiger partial charge in [-0.2, -0.15) is 26.3 Å². The molecule has 0 atom stereocenters. The molecule has 4 heterocycles. The minimum Gasteiger partial charge on any atom is -0.426 e. The molecule has 0 saturated carbocycles. The van der Waals surface area contributed by atoms with Gasteiger partial charge in [0, 0.05) is 49.3 Å². The zero-order valence-electron chi connectivity index (χ0n) is 17.9. The monoisotopic (exact) mass is 500 g/mol. The van der Waals surface area contributed by atoms with Gasteiger partial charge in [-0.25, -0.2) is 9.78 Å². The highest BCUT2D eigenvalue weighted by atomic mass is 32.1. The van der Waals surface area contributed by atoms with E-state index in [-0.39, 0.29) is 18.6 Å². The number of anilines is 1. The van der Waals surface area contributed by atoms with Crippen LogP contribution in [0.2, 0.25) is 0 Å². The highest BCUT2D eigenvalue weighted by Crippen LogP contribution is 2.41. The first-order valence-electron chi connectivity index (χ1n) is 11.0. The van der Waals surface area contributed by atoms with E-state index in [0.29, 0.717) is 19.4 Å². The molecule has 186 valence electrons. The molecule has 4 rings (SSSR count). The highest BCUT2D eigenvalue weighted by molar-refractivity contribution is 7.15. The number of thiazole rings is 1. The number of aromatic nitrogens is 1. The van der Waals surface area contributed by atoms with Crippen molar-refractivity contribution >= 4 is 22.6 Å². The molecule has 1 aromatic heterocycles. The molecule has 0 unspecified atom stereocenters. The number of piperidine rings is 1. The van der Waals surface area contributed by atoms with Gasteiger partial charge < -0.3 is 14.5 Å². The van der Waals surface area contributed by atoms with Crippen molar-refractivity contribution in [2.24, 2.45) is 0 Å². The molecule has 0 bridgehead atoms. The van der Waals surface area contributed by atoms with Crippen molar-refractivity contribution in [3.05, 3.63) is 11.1 Å². The third-order valence-corrected chi connectivity index (χ3v) is 7.81. The second-order valence-corrected chi connectivity index (χ2v) is 9.98. The van der Waals surface area contributed by atoms with E-state index in [4.69, 9.17) is 0 Å². The fourth-order valence-electron chi connectivity index (χ4n) is 5.02. The second-order valence-electron chi connectivity index (χ2n) is 8.89. The van der Waals surface area contributed by atoms with Gasteiger partial charge >= 0.3 is 18.4 Å². The molecule has 1 aromatic rings. The van der Waals surface area contributed by atoms with Crippen LogP contribution in [-0.2, 0) is 11.3 Å². The highest BCUT2D eigenvalue weighted by Gasteiger charge is 2.60. The van der Waals surface area contributed by atoms with E-state index < -0.39 is 24.5 Å². The van der Waals surface area contributed by atoms with Gasteiger partial charge in [-0.3, -0.25) is 4.90 Å². The largest absolute Gasteiger partial charge is 0.434 e. The van der Waals surface area contributed by atoms with Crippen LogP contribution < -0.4 is 4.90 Å². The Labute approximate surface area is 191 Å². The molecule has 1 amide bonds. The topological polar surface area (TPSA) is 48.9 Å². The number of carbonyl (C=O) groups is 1. The lowest BCUT2D eigenvalue weighted by Gasteiger charge is -2.44. The van der Waals surface area contributed by atoms with Crippen LogP contribution in [0.5, 0.6) is 0 Å². The van der Waals surface area contributed by atoms with E-state index in [0.717, 1.165) is 60.2 Å². The fraction of sp³-hybridized carbons (Fsp3) is 0.800. The number of halogens is 6. The molecule has 3 aliphatic rings. The predicted molar refractivity (Wildman–Crippen MR) is 109 cm³/mol. The van der Waals surface area contributed by atoms with Crippen molar-refractivity contribution in [3.63, 3.8) is 0 Å². The van der Waals surface area contributed by atoms with Crippen LogP contribution in [0.15, 0.2) is 6.20 Å². The van der Waals surface area contributed by atoms with Gasteiger partial charge in [0.05, 0.1) is 0 Å². The van der Waals surface area contributed by atoms with Crippen LogP contribution in [0, 0.1) is 0 Å². The summed E-state index contributed by atoms with van der Waals surface area (Å²) < 4.78 is 80.1. The average molecular weight is 501 g/mol. The number of nitrogens with zero attached hydrogens (tertiary/aromatic N) is 4. The molecule has 3 fully saturated rings. The molecule has 1 spiro atoms. The van der Waals surface area contributed by atoms with Crippen molar-refractivity contribution in [2.45, 2.75) is 69.1 Å². The summed E-state index contributed by atoms with van der Waals surface area (Å²) in [5, 5.41) is 1.01. The van der Waals surface area contributed by atoms with E-state index in [2.05, 4.69) is 19.5 Å².